The molecule has 0 aliphatic carbocycles. The number of tetrazole rings is 1. The Balaban J connectivity index is 1.58. The summed E-state index contributed by atoms with van der Waals surface area (Å²) < 4.78 is 12.7. The highest BCUT2D eigenvalue weighted by Crippen LogP contribution is 2.30. The third-order valence-corrected chi connectivity index (χ3v) is 5.62. The summed E-state index contributed by atoms with van der Waals surface area (Å²) in [7, 11) is 1.69. The van der Waals surface area contributed by atoms with E-state index in [0.29, 0.717) is 19.8 Å². The molecule has 0 amide bonds. The molecular weight excluding hydrogens is 392 g/mol. The Morgan fingerprint density at radius 1 is 0.968 bits per heavy atom. The first-order chi connectivity index (χ1) is 15.3. The van der Waals surface area contributed by atoms with E-state index < -0.39 is 0 Å². The van der Waals surface area contributed by atoms with E-state index in [9.17, 15) is 0 Å². The molecule has 1 fully saturated rings. The van der Waals surface area contributed by atoms with Crippen LogP contribution in [0.5, 0.6) is 5.75 Å². The Kier molecular flexibility index (Phi) is 7.11. The Morgan fingerprint density at radius 3 is 2.39 bits per heavy atom. The monoisotopic (exact) mass is 422 g/mol. The van der Waals surface area contributed by atoms with E-state index in [0.717, 1.165) is 43.3 Å². The number of anilines is 1. The lowest BCUT2D eigenvalue weighted by atomic mass is 10.0. The molecule has 2 aromatic carbocycles. The van der Waals surface area contributed by atoms with E-state index >= 15 is 0 Å². The number of para-hydroxylation sites is 1. The molecule has 1 aromatic heterocycles. The van der Waals surface area contributed by atoms with E-state index in [2.05, 4.69) is 67.8 Å². The molecule has 1 aliphatic rings. The van der Waals surface area contributed by atoms with Gasteiger partial charge in [-0.05, 0) is 47.2 Å². The molecule has 8 nitrogen and oxygen atoms in total. The summed E-state index contributed by atoms with van der Waals surface area (Å²) in [5, 5.41) is 12.6. The molecule has 0 bridgehead atoms. The fourth-order valence-electron chi connectivity index (χ4n) is 4.06. The third kappa shape index (κ3) is 5.03. The lowest BCUT2D eigenvalue weighted by Gasteiger charge is -2.40. The SMILES string of the molecule is CCOc1ccc([C@@H](c2nnnn2CCOC)N2CCN(c3ccccc3)CC2)cc1. The van der Waals surface area contributed by atoms with Crippen LogP contribution in [0, 0.1) is 0 Å². The quantitative estimate of drug-likeness (QED) is 0.525. The van der Waals surface area contributed by atoms with Crippen LogP contribution < -0.4 is 9.64 Å². The second-order valence-corrected chi connectivity index (χ2v) is 7.52. The standard InChI is InChI=1S/C23H30N6O2/c1-3-31-21-11-9-19(10-12-21)22(23-24-25-26-29(23)17-18-30-2)28-15-13-27(14-16-28)20-7-5-4-6-8-20/h4-12,22H,3,13-18H2,1-2H3/t22-/m0/s1. The maximum absolute atomic E-state index is 5.63. The minimum Gasteiger partial charge on any atom is -0.494 e. The molecule has 1 atom stereocenters. The highest BCUT2D eigenvalue weighted by molar-refractivity contribution is 5.46. The van der Waals surface area contributed by atoms with E-state index in [1.165, 1.54) is 5.69 Å². The van der Waals surface area contributed by atoms with Crippen molar-refractivity contribution in [1.82, 2.24) is 25.1 Å². The minimum absolute atomic E-state index is 0.0274. The van der Waals surface area contributed by atoms with Gasteiger partial charge in [-0.2, -0.15) is 0 Å². The summed E-state index contributed by atoms with van der Waals surface area (Å²) in [6.45, 7) is 7.58. The van der Waals surface area contributed by atoms with Gasteiger partial charge in [0.2, 0.25) is 0 Å². The second kappa shape index (κ2) is 10.4. The van der Waals surface area contributed by atoms with Crippen molar-refractivity contribution in [3.63, 3.8) is 0 Å². The predicted molar refractivity (Wildman–Crippen MR) is 119 cm³/mol. The molecule has 1 saturated heterocycles. The highest BCUT2D eigenvalue weighted by atomic mass is 16.5. The van der Waals surface area contributed by atoms with E-state index in [1.807, 2.05) is 23.7 Å². The molecule has 2 heterocycles. The summed E-state index contributed by atoms with van der Waals surface area (Å²) in [6.07, 6.45) is 0. The lowest BCUT2D eigenvalue weighted by molar-refractivity contribution is 0.171. The van der Waals surface area contributed by atoms with Gasteiger partial charge in [0, 0.05) is 39.0 Å². The van der Waals surface area contributed by atoms with Gasteiger partial charge in [0.25, 0.3) is 0 Å². The molecule has 31 heavy (non-hydrogen) atoms. The fourth-order valence-corrected chi connectivity index (χ4v) is 4.06. The predicted octanol–water partition coefficient (Wildman–Crippen LogP) is 2.63. The molecule has 0 spiro atoms. The Morgan fingerprint density at radius 2 is 1.71 bits per heavy atom. The molecule has 164 valence electrons. The van der Waals surface area contributed by atoms with Gasteiger partial charge in [-0.15, -0.1) is 5.10 Å². The summed E-state index contributed by atoms with van der Waals surface area (Å²) >= 11 is 0. The maximum Gasteiger partial charge on any atom is 0.173 e. The molecule has 8 heteroatoms. The first-order valence-corrected chi connectivity index (χ1v) is 10.8. The van der Waals surface area contributed by atoms with Gasteiger partial charge >= 0.3 is 0 Å². The van der Waals surface area contributed by atoms with Crippen LogP contribution in [0.25, 0.3) is 0 Å². The van der Waals surface area contributed by atoms with Crippen LogP contribution in [0.4, 0.5) is 5.69 Å². The summed E-state index contributed by atoms with van der Waals surface area (Å²) in [5.74, 6) is 1.72. The van der Waals surface area contributed by atoms with Gasteiger partial charge in [0.1, 0.15) is 5.75 Å². The smallest absolute Gasteiger partial charge is 0.173 e. The average Bonchev–Trinajstić information content (AvgIpc) is 3.28. The van der Waals surface area contributed by atoms with Crippen LogP contribution >= 0.6 is 0 Å². The number of hydrogen-bond acceptors (Lipinski definition) is 7. The van der Waals surface area contributed by atoms with Crippen molar-refractivity contribution in [2.24, 2.45) is 0 Å². The van der Waals surface area contributed by atoms with Crippen molar-refractivity contribution >= 4 is 5.69 Å². The van der Waals surface area contributed by atoms with Gasteiger partial charge in [-0.25, -0.2) is 4.68 Å². The molecule has 0 N–H and O–H groups in total. The first-order valence-electron chi connectivity index (χ1n) is 10.8. The third-order valence-electron chi connectivity index (χ3n) is 5.62. The number of piperazine rings is 1. The van der Waals surface area contributed by atoms with Crippen LogP contribution in [0.15, 0.2) is 54.6 Å². The lowest BCUT2D eigenvalue weighted by Crippen LogP contribution is -2.48. The van der Waals surface area contributed by atoms with Crippen molar-refractivity contribution < 1.29 is 9.47 Å². The second-order valence-electron chi connectivity index (χ2n) is 7.52. The van der Waals surface area contributed by atoms with Crippen molar-refractivity contribution in [2.45, 2.75) is 19.5 Å². The van der Waals surface area contributed by atoms with E-state index in [-0.39, 0.29) is 6.04 Å². The minimum atomic E-state index is -0.0274. The topological polar surface area (TPSA) is 68.5 Å². The normalized spacial score (nSPS) is 15.7. The Hall–Kier alpha value is -2.97. The van der Waals surface area contributed by atoms with Gasteiger partial charge in [0.15, 0.2) is 5.82 Å². The molecule has 0 saturated carbocycles. The summed E-state index contributed by atoms with van der Waals surface area (Å²) in [5.41, 5.74) is 2.43. The molecule has 4 rings (SSSR count). The van der Waals surface area contributed by atoms with E-state index in [1.54, 1.807) is 7.11 Å². The molecule has 1 aliphatic heterocycles. The number of rotatable bonds is 9. The maximum atomic E-state index is 5.63. The van der Waals surface area contributed by atoms with Crippen molar-refractivity contribution in [3.8, 4) is 5.75 Å². The summed E-state index contributed by atoms with van der Waals surface area (Å²) in [4.78, 5) is 4.89. The Bertz CT molecular complexity index is 923. The number of methoxy groups -OCH3 is 1. The van der Waals surface area contributed by atoms with Crippen LogP contribution in [-0.2, 0) is 11.3 Å². The summed E-state index contributed by atoms with van der Waals surface area (Å²) in [6, 6.07) is 18.8. The highest BCUT2D eigenvalue weighted by Gasteiger charge is 2.30. The average molecular weight is 423 g/mol. The number of nitrogens with zero attached hydrogens (tertiary/aromatic N) is 6. The van der Waals surface area contributed by atoms with Gasteiger partial charge in [0.05, 0.1) is 25.8 Å². The zero-order chi connectivity index (χ0) is 21.5. The van der Waals surface area contributed by atoms with Crippen molar-refractivity contribution in [3.05, 3.63) is 66.0 Å². The van der Waals surface area contributed by atoms with Crippen LogP contribution in [-0.4, -0.2) is 71.6 Å². The fraction of sp³-hybridized carbons (Fsp3) is 0.435. The molecule has 0 radical (unpaired) electrons. The van der Waals surface area contributed by atoms with Crippen molar-refractivity contribution in [1.29, 1.82) is 0 Å². The van der Waals surface area contributed by atoms with Crippen LogP contribution in [0.3, 0.4) is 0 Å². The zero-order valence-electron chi connectivity index (χ0n) is 18.2. The number of hydrogen-bond donors (Lipinski definition) is 0. The molecular formula is C23H30N6O2. The number of aromatic nitrogens is 4. The first kappa shape index (κ1) is 21.3. The van der Waals surface area contributed by atoms with E-state index in [4.69, 9.17) is 9.47 Å². The Labute approximate surface area is 183 Å². The van der Waals surface area contributed by atoms with Gasteiger partial charge in [-0.3, -0.25) is 4.90 Å². The molecule has 3 aromatic rings. The molecule has 0 unspecified atom stereocenters. The zero-order valence-corrected chi connectivity index (χ0v) is 18.2. The van der Waals surface area contributed by atoms with Crippen LogP contribution in [0.2, 0.25) is 0 Å². The van der Waals surface area contributed by atoms with Gasteiger partial charge in [-0.1, -0.05) is 30.3 Å². The van der Waals surface area contributed by atoms with Crippen LogP contribution in [0.1, 0.15) is 24.4 Å². The number of benzene rings is 2. The largest absolute Gasteiger partial charge is 0.494 e. The number of ether oxygens (including phenoxy) is 2. The van der Waals surface area contributed by atoms with Gasteiger partial charge < -0.3 is 14.4 Å². The van der Waals surface area contributed by atoms with Crippen molar-refractivity contribution in [2.75, 3.05) is 51.4 Å².